The highest BCUT2D eigenvalue weighted by Crippen LogP contribution is 2.36. The van der Waals surface area contributed by atoms with Gasteiger partial charge in [0.2, 0.25) is 0 Å². The van der Waals surface area contributed by atoms with Crippen LogP contribution in [0.4, 0.5) is 5.69 Å². The van der Waals surface area contributed by atoms with Gasteiger partial charge in [-0.1, -0.05) is 54.1 Å². The lowest BCUT2D eigenvalue weighted by Crippen LogP contribution is -2.30. The van der Waals surface area contributed by atoms with Crippen molar-refractivity contribution >= 4 is 41.1 Å². The lowest BCUT2D eigenvalue weighted by molar-refractivity contribution is -0.138. The number of esters is 1. The van der Waals surface area contributed by atoms with Crippen molar-refractivity contribution < 1.29 is 23.9 Å². The number of carbonyl (C=O) groups is 3. The Morgan fingerprint density at radius 2 is 1.67 bits per heavy atom. The lowest BCUT2D eigenvalue weighted by atomic mass is 10.0. The van der Waals surface area contributed by atoms with Crippen LogP contribution in [0.2, 0.25) is 5.02 Å². The highest BCUT2D eigenvalue weighted by atomic mass is 35.5. The van der Waals surface area contributed by atoms with E-state index in [0.717, 1.165) is 12.0 Å². The number of halogens is 1. The monoisotopic (exact) mass is 544 g/mol. The molecule has 1 heterocycles. The molecule has 1 N–H and O–H groups in total. The Bertz CT molecular complexity index is 1400. The standard InChI is InChI=1S/C31H29ClN2O5/c1-3-38-31(37)29-21(2)34(25-13-11-24(32)12-14-25)30(36)27(29)19-23-9-15-26(16-10-23)39-20-28(35)33-18-17-22-7-5-4-6-8-22/h4-16,19H,3,17-18,20H2,1-2H3,(H,33,35)/b27-19-. The van der Waals surface area contributed by atoms with E-state index >= 15 is 0 Å². The zero-order chi connectivity index (χ0) is 27.8. The van der Waals surface area contributed by atoms with Crippen molar-refractivity contribution in [1.82, 2.24) is 5.32 Å². The number of allylic oxidation sites excluding steroid dienone is 1. The second-order valence-corrected chi connectivity index (χ2v) is 9.24. The van der Waals surface area contributed by atoms with Crippen LogP contribution in [-0.4, -0.2) is 37.5 Å². The van der Waals surface area contributed by atoms with Crippen molar-refractivity contribution in [2.75, 3.05) is 24.7 Å². The van der Waals surface area contributed by atoms with Crippen molar-refractivity contribution in [3.8, 4) is 5.75 Å². The summed E-state index contributed by atoms with van der Waals surface area (Å²) in [4.78, 5) is 39.9. The summed E-state index contributed by atoms with van der Waals surface area (Å²) in [6, 6.07) is 23.7. The molecule has 39 heavy (non-hydrogen) atoms. The van der Waals surface area contributed by atoms with Gasteiger partial charge in [0.25, 0.3) is 11.8 Å². The van der Waals surface area contributed by atoms with Gasteiger partial charge in [-0.3, -0.25) is 14.5 Å². The minimum atomic E-state index is -0.565. The largest absolute Gasteiger partial charge is 0.484 e. The Balaban J connectivity index is 1.43. The van der Waals surface area contributed by atoms with Gasteiger partial charge in [-0.05, 0) is 73.9 Å². The predicted octanol–water partition coefficient (Wildman–Crippen LogP) is 5.35. The first-order valence-electron chi connectivity index (χ1n) is 12.6. The van der Waals surface area contributed by atoms with E-state index in [9.17, 15) is 14.4 Å². The van der Waals surface area contributed by atoms with Crippen LogP contribution in [0.5, 0.6) is 5.75 Å². The molecule has 0 aliphatic carbocycles. The van der Waals surface area contributed by atoms with E-state index in [2.05, 4.69) is 5.32 Å². The highest BCUT2D eigenvalue weighted by Gasteiger charge is 2.38. The van der Waals surface area contributed by atoms with Gasteiger partial charge in [-0.15, -0.1) is 0 Å². The molecule has 4 rings (SSSR count). The zero-order valence-corrected chi connectivity index (χ0v) is 22.5. The minimum absolute atomic E-state index is 0.112. The molecule has 0 atom stereocenters. The smallest absolute Gasteiger partial charge is 0.340 e. The molecule has 0 saturated carbocycles. The molecule has 8 heteroatoms. The highest BCUT2D eigenvalue weighted by molar-refractivity contribution is 6.30. The fourth-order valence-corrected chi connectivity index (χ4v) is 4.33. The molecule has 3 aromatic carbocycles. The number of rotatable bonds is 10. The number of hydrogen-bond acceptors (Lipinski definition) is 5. The summed E-state index contributed by atoms with van der Waals surface area (Å²) >= 11 is 6.01. The lowest BCUT2D eigenvalue weighted by Gasteiger charge is -2.18. The Morgan fingerprint density at radius 1 is 0.974 bits per heavy atom. The minimum Gasteiger partial charge on any atom is -0.484 e. The van der Waals surface area contributed by atoms with Crippen LogP contribution in [0, 0.1) is 0 Å². The Labute approximate surface area is 232 Å². The van der Waals surface area contributed by atoms with Crippen molar-refractivity contribution in [2.45, 2.75) is 20.3 Å². The van der Waals surface area contributed by atoms with E-state index in [1.165, 1.54) is 4.90 Å². The number of nitrogens with zero attached hydrogens (tertiary/aromatic N) is 1. The predicted molar refractivity (Wildman–Crippen MR) is 151 cm³/mol. The molecule has 0 unspecified atom stereocenters. The van der Waals surface area contributed by atoms with Crippen molar-refractivity contribution in [1.29, 1.82) is 0 Å². The molecule has 0 saturated heterocycles. The van der Waals surface area contributed by atoms with Crippen LogP contribution in [0.15, 0.2) is 95.7 Å². The third-order valence-corrected chi connectivity index (χ3v) is 6.36. The van der Waals surface area contributed by atoms with E-state index in [0.29, 0.717) is 34.3 Å². The average Bonchev–Trinajstić information content (AvgIpc) is 3.18. The maximum absolute atomic E-state index is 13.5. The van der Waals surface area contributed by atoms with Crippen molar-refractivity contribution in [3.63, 3.8) is 0 Å². The third kappa shape index (κ3) is 6.94. The summed E-state index contributed by atoms with van der Waals surface area (Å²) < 4.78 is 10.9. The Hall–Kier alpha value is -4.36. The van der Waals surface area contributed by atoms with Crippen LogP contribution < -0.4 is 15.0 Å². The molecule has 1 aliphatic rings. The molecule has 0 aromatic heterocycles. The maximum Gasteiger partial charge on any atom is 0.340 e. The van der Waals surface area contributed by atoms with Gasteiger partial charge < -0.3 is 14.8 Å². The molecule has 7 nitrogen and oxygen atoms in total. The summed E-state index contributed by atoms with van der Waals surface area (Å²) in [6.07, 6.45) is 2.39. The molecule has 200 valence electrons. The van der Waals surface area contributed by atoms with E-state index in [4.69, 9.17) is 21.1 Å². The number of amides is 2. The molecule has 2 amide bonds. The molecular weight excluding hydrogens is 516 g/mol. The van der Waals surface area contributed by atoms with Crippen LogP contribution in [0.3, 0.4) is 0 Å². The average molecular weight is 545 g/mol. The summed E-state index contributed by atoms with van der Waals surface area (Å²) in [5.74, 6) is -0.612. The second kappa shape index (κ2) is 12.9. The van der Waals surface area contributed by atoms with Gasteiger partial charge in [0.15, 0.2) is 6.61 Å². The molecule has 3 aromatic rings. The SMILES string of the molecule is CCOC(=O)C1=C(C)N(c2ccc(Cl)cc2)C(=O)/C1=C\c1ccc(OCC(=O)NCCc2ccccc2)cc1. The first-order valence-corrected chi connectivity index (χ1v) is 13.0. The first kappa shape index (κ1) is 27.7. The number of nitrogens with one attached hydrogen (secondary N) is 1. The van der Waals surface area contributed by atoms with Gasteiger partial charge in [0.1, 0.15) is 5.75 Å². The van der Waals surface area contributed by atoms with Crippen LogP contribution in [0.25, 0.3) is 6.08 Å². The maximum atomic E-state index is 13.5. The number of hydrogen-bond donors (Lipinski definition) is 1. The fraction of sp³-hybridized carbons (Fsp3) is 0.194. The second-order valence-electron chi connectivity index (χ2n) is 8.80. The van der Waals surface area contributed by atoms with E-state index < -0.39 is 5.97 Å². The molecule has 0 bridgehead atoms. The normalized spacial score (nSPS) is 14.1. The number of anilines is 1. The van der Waals surface area contributed by atoms with Crippen LogP contribution in [0.1, 0.15) is 25.0 Å². The van der Waals surface area contributed by atoms with Crippen molar-refractivity contribution in [2.24, 2.45) is 0 Å². The van der Waals surface area contributed by atoms with E-state index in [1.54, 1.807) is 68.5 Å². The summed E-state index contributed by atoms with van der Waals surface area (Å²) in [7, 11) is 0. The number of carbonyl (C=O) groups excluding carboxylic acids is 3. The van der Waals surface area contributed by atoms with Gasteiger partial charge in [0, 0.05) is 23.0 Å². The molecule has 0 fully saturated rings. The van der Waals surface area contributed by atoms with Gasteiger partial charge in [-0.25, -0.2) is 4.79 Å². The summed E-state index contributed by atoms with van der Waals surface area (Å²) in [5, 5.41) is 3.39. The van der Waals surface area contributed by atoms with E-state index in [-0.39, 0.29) is 36.2 Å². The van der Waals surface area contributed by atoms with Gasteiger partial charge >= 0.3 is 5.97 Å². The van der Waals surface area contributed by atoms with Crippen LogP contribution >= 0.6 is 11.6 Å². The first-order chi connectivity index (χ1) is 18.9. The van der Waals surface area contributed by atoms with Gasteiger partial charge in [0.05, 0.1) is 17.8 Å². The Kier molecular flexibility index (Phi) is 9.18. The number of ether oxygens (including phenoxy) is 2. The number of benzene rings is 3. The summed E-state index contributed by atoms with van der Waals surface area (Å²) in [5.41, 5.74) is 3.35. The third-order valence-electron chi connectivity index (χ3n) is 6.10. The van der Waals surface area contributed by atoms with E-state index in [1.807, 2.05) is 30.3 Å². The Morgan fingerprint density at radius 3 is 2.33 bits per heavy atom. The summed E-state index contributed by atoms with van der Waals surface area (Å²) in [6.45, 7) is 4.02. The topological polar surface area (TPSA) is 84.9 Å². The van der Waals surface area contributed by atoms with Crippen molar-refractivity contribution in [3.05, 3.63) is 112 Å². The molecular formula is C31H29ClN2O5. The fourth-order valence-electron chi connectivity index (χ4n) is 4.20. The van der Waals surface area contributed by atoms with Gasteiger partial charge in [-0.2, -0.15) is 0 Å². The molecule has 0 radical (unpaired) electrons. The molecule has 0 spiro atoms. The molecule has 1 aliphatic heterocycles. The quantitative estimate of drug-likeness (QED) is 0.275. The van der Waals surface area contributed by atoms with Crippen LogP contribution in [-0.2, 0) is 25.5 Å². The zero-order valence-electron chi connectivity index (χ0n) is 21.8.